The molecule has 7 rings (SSSR count). The van der Waals surface area contributed by atoms with Crippen LogP contribution in [0.2, 0.25) is 0 Å². The maximum atomic E-state index is 14.2. The number of fused-ring (bicyclic) bond motifs is 2. The lowest BCUT2D eigenvalue weighted by Crippen LogP contribution is -2.37. The molecule has 50 heavy (non-hydrogen) atoms. The normalized spacial score (nSPS) is 13.7. The van der Waals surface area contributed by atoms with Gasteiger partial charge in [0.1, 0.15) is 11.6 Å². The number of H-pyrrole nitrogens is 1. The fraction of sp³-hybridized carbons (Fsp3) is 0.257. The Kier molecular flexibility index (Phi) is 7.95. The van der Waals surface area contributed by atoms with Crippen molar-refractivity contribution in [1.82, 2.24) is 34.4 Å². The molecular weight excluding hydrogens is 664 g/mol. The molecule has 0 saturated heterocycles. The number of aryl methyl sites for hydroxylation is 3. The number of carbonyl (C=O) groups is 1. The van der Waals surface area contributed by atoms with Gasteiger partial charge in [-0.2, -0.15) is 23.4 Å². The highest BCUT2D eigenvalue weighted by Crippen LogP contribution is 2.41. The van der Waals surface area contributed by atoms with E-state index in [9.17, 15) is 31.1 Å². The van der Waals surface area contributed by atoms with E-state index in [0.717, 1.165) is 10.2 Å². The van der Waals surface area contributed by atoms with Crippen molar-refractivity contribution in [3.8, 4) is 28.0 Å². The summed E-state index contributed by atoms with van der Waals surface area (Å²) in [6.07, 6.45) is -3.30. The van der Waals surface area contributed by atoms with Crippen LogP contribution in [-0.4, -0.2) is 53.2 Å². The summed E-state index contributed by atoms with van der Waals surface area (Å²) in [5.74, 6) is -0.245. The average Bonchev–Trinajstić information content (AvgIpc) is 3.77. The molecule has 0 radical (unpaired) electrons. The van der Waals surface area contributed by atoms with Gasteiger partial charge in [0.05, 0.1) is 11.7 Å². The summed E-state index contributed by atoms with van der Waals surface area (Å²) < 4.78 is 90.1. The van der Waals surface area contributed by atoms with Gasteiger partial charge in [-0.3, -0.25) is 14.6 Å². The minimum absolute atomic E-state index is 0.0817. The van der Waals surface area contributed by atoms with E-state index in [0.29, 0.717) is 44.5 Å². The molecule has 0 bridgehead atoms. The number of aromatic amines is 1. The molecule has 6 aromatic rings. The van der Waals surface area contributed by atoms with E-state index in [4.69, 9.17) is 0 Å². The Hall–Kier alpha value is -5.60. The van der Waals surface area contributed by atoms with Crippen molar-refractivity contribution in [3.63, 3.8) is 0 Å². The molecule has 4 heterocycles. The zero-order chi connectivity index (χ0) is 35.5. The first-order chi connectivity index (χ1) is 23.6. The van der Waals surface area contributed by atoms with Gasteiger partial charge in [-0.1, -0.05) is 6.07 Å². The molecule has 0 fully saturated rings. The molecule has 0 aliphatic carbocycles. The molecule has 0 spiro atoms. The number of aromatic nitrogens is 6. The number of ether oxygens (including phenoxy) is 1. The molecule has 9 nitrogen and oxygen atoms in total. The second-order valence-electron chi connectivity index (χ2n) is 12.3. The van der Waals surface area contributed by atoms with Crippen molar-refractivity contribution in [2.24, 2.45) is 7.05 Å². The number of carbonyl (C=O) groups excluding carboxylic acids is 1. The molecule has 1 N–H and O–H groups in total. The molecule has 258 valence electrons. The Morgan fingerprint density at radius 2 is 1.70 bits per heavy atom. The highest BCUT2D eigenvalue weighted by atomic mass is 19.4. The van der Waals surface area contributed by atoms with Crippen molar-refractivity contribution in [3.05, 3.63) is 107 Å². The van der Waals surface area contributed by atoms with Crippen LogP contribution < -0.4 is 4.74 Å². The molecule has 1 aliphatic heterocycles. The van der Waals surface area contributed by atoms with Crippen LogP contribution in [0.15, 0.2) is 67.3 Å². The Morgan fingerprint density at radius 1 is 0.940 bits per heavy atom. The zero-order valence-corrected chi connectivity index (χ0v) is 26.9. The van der Waals surface area contributed by atoms with Crippen molar-refractivity contribution in [2.75, 3.05) is 6.54 Å². The van der Waals surface area contributed by atoms with Crippen LogP contribution in [0, 0.1) is 13.8 Å². The number of rotatable bonds is 7. The molecule has 1 amide bonds. The van der Waals surface area contributed by atoms with E-state index in [2.05, 4.69) is 25.0 Å². The topological polar surface area (TPSA) is 93.9 Å². The van der Waals surface area contributed by atoms with Crippen molar-refractivity contribution >= 4 is 16.8 Å². The van der Waals surface area contributed by atoms with E-state index >= 15 is 0 Å². The average molecular weight is 694 g/mol. The van der Waals surface area contributed by atoms with Crippen molar-refractivity contribution < 1.29 is 35.9 Å². The number of alkyl halides is 6. The Balaban J connectivity index is 1.31. The van der Waals surface area contributed by atoms with Crippen LogP contribution in [0.3, 0.4) is 0 Å². The first-order valence-electron chi connectivity index (χ1n) is 15.5. The van der Waals surface area contributed by atoms with Gasteiger partial charge >= 0.3 is 12.5 Å². The number of hydrogen-bond donors (Lipinski definition) is 1. The van der Waals surface area contributed by atoms with Gasteiger partial charge in [0.25, 0.3) is 5.91 Å². The van der Waals surface area contributed by atoms with Crippen LogP contribution in [0.4, 0.5) is 26.3 Å². The summed E-state index contributed by atoms with van der Waals surface area (Å²) in [6, 6.07) is 11.2. The third-order valence-corrected chi connectivity index (χ3v) is 8.82. The van der Waals surface area contributed by atoms with Crippen LogP contribution in [0.25, 0.3) is 33.2 Å². The first-order valence-corrected chi connectivity index (χ1v) is 15.5. The Labute approximate surface area is 281 Å². The molecule has 0 atom stereocenters. The molecule has 15 heteroatoms. The van der Waals surface area contributed by atoms with Crippen LogP contribution in [-0.2, 0) is 32.7 Å². The van der Waals surface area contributed by atoms with E-state index in [-0.39, 0.29) is 42.7 Å². The van der Waals surface area contributed by atoms with Gasteiger partial charge in [-0.25, -0.2) is 4.98 Å². The van der Waals surface area contributed by atoms with Crippen LogP contribution >= 0.6 is 0 Å². The number of nitrogens with one attached hydrogen (secondary N) is 1. The summed E-state index contributed by atoms with van der Waals surface area (Å²) >= 11 is 0. The summed E-state index contributed by atoms with van der Waals surface area (Å²) in [7, 11) is 1.40. The van der Waals surface area contributed by atoms with E-state index in [1.54, 1.807) is 48.3 Å². The SMILES string of the molecule is Cc1ccc2[nH]ncc2c1-c1cc(CN2CCc3c(cc(Cn4ccnc4C)cc3-c3cn(C)nc3C(F)(F)F)C2=O)cc(OC(F)(F)F)c1. The summed E-state index contributed by atoms with van der Waals surface area (Å²) in [4.78, 5) is 19.9. The van der Waals surface area contributed by atoms with Crippen molar-refractivity contribution in [2.45, 2.75) is 45.9 Å². The fourth-order valence-corrected chi connectivity index (χ4v) is 6.67. The zero-order valence-electron chi connectivity index (χ0n) is 26.9. The standard InChI is InChI=1S/C35H29F6N7O2/c1-19-4-5-30-28(15-43-44-30)31(19)23-10-21(11-24(14-23)50-35(39,40)41)17-48-8-6-25-26(29-18-46(3)45-32(29)34(36,37)38)12-22(13-27(25)33(48)49)16-47-9-7-42-20(47)2/h4-5,7,9-15,18H,6,8,16-17H2,1-3H3,(H,43,44). The number of amides is 1. The molecule has 0 saturated carbocycles. The van der Waals surface area contributed by atoms with Gasteiger partial charge in [0.2, 0.25) is 0 Å². The third kappa shape index (κ3) is 6.30. The number of halogens is 6. The lowest BCUT2D eigenvalue weighted by atomic mass is 9.88. The van der Waals surface area contributed by atoms with E-state index < -0.39 is 29.9 Å². The van der Waals surface area contributed by atoms with Crippen molar-refractivity contribution in [1.29, 1.82) is 0 Å². The highest BCUT2D eigenvalue weighted by Gasteiger charge is 2.39. The quantitative estimate of drug-likeness (QED) is 0.174. The fourth-order valence-electron chi connectivity index (χ4n) is 6.67. The second-order valence-corrected chi connectivity index (χ2v) is 12.3. The van der Waals surface area contributed by atoms with Gasteiger partial charge in [-0.05, 0) is 95.6 Å². The number of imidazole rings is 1. The summed E-state index contributed by atoms with van der Waals surface area (Å²) in [6.45, 7) is 3.88. The molecular formula is C35H29F6N7O2. The lowest BCUT2D eigenvalue weighted by molar-refractivity contribution is -0.274. The maximum Gasteiger partial charge on any atom is 0.573 e. The third-order valence-electron chi connectivity index (χ3n) is 8.82. The summed E-state index contributed by atoms with van der Waals surface area (Å²) in [5.41, 5.74) is 3.19. The number of benzene rings is 3. The molecule has 3 aromatic carbocycles. The predicted octanol–water partition coefficient (Wildman–Crippen LogP) is 7.61. The maximum absolute atomic E-state index is 14.2. The van der Waals surface area contributed by atoms with Crippen LogP contribution in [0.5, 0.6) is 5.75 Å². The Bertz CT molecular complexity index is 2260. The minimum Gasteiger partial charge on any atom is -0.406 e. The number of nitrogens with zero attached hydrogens (tertiary/aromatic N) is 6. The monoisotopic (exact) mass is 693 g/mol. The molecule has 3 aromatic heterocycles. The van der Waals surface area contributed by atoms with Gasteiger partial charge in [-0.15, -0.1) is 13.2 Å². The van der Waals surface area contributed by atoms with E-state index in [1.807, 2.05) is 19.1 Å². The molecule has 1 aliphatic rings. The van der Waals surface area contributed by atoms with Gasteiger partial charge in [0, 0.05) is 61.8 Å². The minimum atomic E-state index is -4.96. The lowest BCUT2D eigenvalue weighted by Gasteiger charge is -2.31. The van der Waals surface area contributed by atoms with Gasteiger partial charge < -0.3 is 14.2 Å². The first kappa shape index (κ1) is 32.9. The largest absolute Gasteiger partial charge is 0.573 e. The van der Waals surface area contributed by atoms with Gasteiger partial charge in [0.15, 0.2) is 5.69 Å². The second kappa shape index (κ2) is 12.1. The molecule has 0 unspecified atom stereocenters. The Morgan fingerprint density at radius 3 is 2.42 bits per heavy atom. The number of hydrogen-bond acceptors (Lipinski definition) is 5. The summed E-state index contributed by atoms with van der Waals surface area (Å²) in [5, 5.41) is 11.3. The predicted molar refractivity (Wildman–Crippen MR) is 171 cm³/mol. The van der Waals surface area contributed by atoms with E-state index in [1.165, 1.54) is 30.3 Å². The smallest absolute Gasteiger partial charge is 0.406 e. The van der Waals surface area contributed by atoms with Crippen LogP contribution in [0.1, 0.15) is 44.1 Å². The highest BCUT2D eigenvalue weighted by molar-refractivity contribution is 5.99.